The highest BCUT2D eigenvalue weighted by Crippen LogP contribution is 2.31. The van der Waals surface area contributed by atoms with Crippen LogP contribution in [0.3, 0.4) is 0 Å². The molecule has 1 aliphatic heterocycles. The Morgan fingerprint density at radius 1 is 1.50 bits per heavy atom. The van der Waals surface area contributed by atoms with Gasteiger partial charge in [-0.3, -0.25) is 4.79 Å². The van der Waals surface area contributed by atoms with Crippen LogP contribution in [-0.2, 0) is 4.79 Å². The lowest BCUT2D eigenvalue weighted by molar-refractivity contribution is -0.123. The number of primary amides is 1. The summed E-state index contributed by atoms with van der Waals surface area (Å²) < 4.78 is 0. The van der Waals surface area contributed by atoms with Gasteiger partial charge in [0, 0.05) is 19.1 Å². The third-order valence-electron chi connectivity index (χ3n) is 4.67. The van der Waals surface area contributed by atoms with Crippen molar-refractivity contribution in [3.63, 3.8) is 0 Å². The third kappa shape index (κ3) is 2.84. The molecule has 18 heavy (non-hydrogen) atoms. The molecule has 3 unspecified atom stereocenters. The number of hydrogen-bond acceptors (Lipinski definition) is 4. The fourth-order valence-corrected chi connectivity index (χ4v) is 3.38. The Bertz CT molecular complexity index is 322. The molecule has 0 radical (unpaired) electrons. The number of likely N-dealkylation sites (tertiary alicyclic amines) is 1. The molecule has 0 aromatic carbocycles. The van der Waals surface area contributed by atoms with Gasteiger partial charge >= 0.3 is 0 Å². The van der Waals surface area contributed by atoms with E-state index in [2.05, 4.69) is 23.9 Å². The highest BCUT2D eigenvalue weighted by molar-refractivity contribution is 5.84. The summed E-state index contributed by atoms with van der Waals surface area (Å²) in [5.41, 5.74) is 10.7. The molecule has 1 aliphatic carbocycles. The van der Waals surface area contributed by atoms with Crippen molar-refractivity contribution < 1.29 is 4.79 Å². The summed E-state index contributed by atoms with van der Waals surface area (Å²) in [5, 5.41) is 0. The van der Waals surface area contributed by atoms with Gasteiger partial charge < -0.3 is 21.3 Å². The number of nitrogens with zero attached hydrogens (tertiary/aromatic N) is 2. The number of carbonyl (C=O) groups excluding carboxylic acids is 1. The quantitative estimate of drug-likeness (QED) is 0.716. The molecule has 3 atom stereocenters. The monoisotopic (exact) mass is 254 g/mol. The highest BCUT2D eigenvalue weighted by atomic mass is 16.1. The topological polar surface area (TPSA) is 75.6 Å². The van der Waals surface area contributed by atoms with Crippen molar-refractivity contribution in [1.29, 1.82) is 0 Å². The summed E-state index contributed by atoms with van der Waals surface area (Å²) in [6, 6.07) is 0.411. The summed E-state index contributed by atoms with van der Waals surface area (Å²) in [7, 11) is 4.32. The van der Waals surface area contributed by atoms with Crippen LogP contribution in [0.2, 0.25) is 0 Å². The van der Waals surface area contributed by atoms with Crippen LogP contribution in [0, 0.1) is 5.92 Å². The molecule has 0 bridgehead atoms. The standard InChI is InChI=1S/C13H26N4O/c1-16-6-4-10(8-16)9-17(2)11-3-5-13(15,7-11)12(14)18/h10-11H,3-9,15H2,1-2H3,(H2,14,18). The summed E-state index contributed by atoms with van der Waals surface area (Å²) in [5.74, 6) is 0.403. The predicted octanol–water partition coefficient (Wildman–Crippen LogP) is -0.395. The lowest BCUT2D eigenvalue weighted by atomic mass is 9.98. The Morgan fingerprint density at radius 3 is 2.72 bits per heavy atom. The minimum Gasteiger partial charge on any atom is -0.368 e. The third-order valence-corrected chi connectivity index (χ3v) is 4.67. The highest BCUT2D eigenvalue weighted by Gasteiger charge is 2.42. The first-order chi connectivity index (χ1) is 8.40. The van der Waals surface area contributed by atoms with Crippen molar-refractivity contribution in [2.24, 2.45) is 17.4 Å². The van der Waals surface area contributed by atoms with Gasteiger partial charge in [0.15, 0.2) is 0 Å². The number of amides is 1. The van der Waals surface area contributed by atoms with Gasteiger partial charge in [0.2, 0.25) is 5.91 Å². The molecule has 104 valence electrons. The Hall–Kier alpha value is -0.650. The van der Waals surface area contributed by atoms with E-state index >= 15 is 0 Å². The Morgan fingerprint density at radius 2 is 2.22 bits per heavy atom. The lowest BCUT2D eigenvalue weighted by Gasteiger charge is -2.28. The molecular formula is C13H26N4O. The van der Waals surface area contributed by atoms with E-state index in [1.54, 1.807) is 0 Å². The van der Waals surface area contributed by atoms with Crippen LogP contribution < -0.4 is 11.5 Å². The van der Waals surface area contributed by atoms with Crippen LogP contribution >= 0.6 is 0 Å². The van der Waals surface area contributed by atoms with Crippen LogP contribution in [0.5, 0.6) is 0 Å². The molecule has 2 rings (SSSR count). The molecular weight excluding hydrogens is 228 g/mol. The largest absolute Gasteiger partial charge is 0.368 e. The maximum absolute atomic E-state index is 11.4. The van der Waals surface area contributed by atoms with Gasteiger partial charge in [0.25, 0.3) is 0 Å². The Balaban J connectivity index is 1.84. The number of hydrogen-bond donors (Lipinski definition) is 2. The van der Waals surface area contributed by atoms with Crippen LogP contribution in [0.4, 0.5) is 0 Å². The van der Waals surface area contributed by atoms with Crippen molar-refractivity contribution in [2.75, 3.05) is 33.7 Å². The molecule has 1 saturated heterocycles. The molecule has 4 N–H and O–H groups in total. The zero-order valence-corrected chi connectivity index (χ0v) is 11.6. The van der Waals surface area contributed by atoms with Gasteiger partial charge in [-0.1, -0.05) is 0 Å². The van der Waals surface area contributed by atoms with E-state index in [9.17, 15) is 4.79 Å². The average Bonchev–Trinajstić information content (AvgIpc) is 2.86. The molecule has 1 heterocycles. The first kappa shape index (κ1) is 13.8. The van der Waals surface area contributed by atoms with E-state index in [-0.39, 0.29) is 5.91 Å². The zero-order chi connectivity index (χ0) is 13.3. The zero-order valence-electron chi connectivity index (χ0n) is 11.6. The Labute approximate surface area is 109 Å². The molecule has 1 saturated carbocycles. The molecule has 0 spiro atoms. The number of rotatable bonds is 4. The maximum Gasteiger partial charge on any atom is 0.237 e. The fraction of sp³-hybridized carbons (Fsp3) is 0.923. The molecule has 0 aromatic rings. The minimum absolute atomic E-state index is 0.348. The van der Waals surface area contributed by atoms with E-state index in [4.69, 9.17) is 11.5 Å². The second kappa shape index (κ2) is 5.15. The summed E-state index contributed by atoms with van der Waals surface area (Å²) in [6.45, 7) is 3.48. The van der Waals surface area contributed by atoms with Gasteiger partial charge in [0.1, 0.15) is 0 Å². The molecule has 0 aromatic heterocycles. The average molecular weight is 254 g/mol. The van der Waals surface area contributed by atoms with E-state index in [1.807, 2.05) is 0 Å². The van der Waals surface area contributed by atoms with Gasteiger partial charge in [0.05, 0.1) is 5.54 Å². The van der Waals surface area contributed by atoms with Crippen molar-refractivity contribution in [1.82, 2.24) is 9.80 Å². The molecule has 5 heteroatoms. The first-order valence-corrected chi connectivity index (χ1v) is 6.88. The Kier molecular flexibility index (Phi) is 3.94. The van der Waals surface area contributed by atoms with Gasteiger partial charge in [-0.05, 0) is 52.2 Å². The van der Waals surface area contributed by atoms with Gasteiger partial charge in [-0.2, -0.15) is 0 Å². The summed E-state index contributed by atoms with van der Waals surface area (Å²) >= 11 is 0. The number of carbonyl (C=O) groups is 1. The van der Waals surface area contributed by atoms with Crippen LogP contribution in [0.25, 0.3) is 0 Å². The van der Waals surface area contributed by atoms with Crippen molar-refractivity contribution >= 4 is 5.91 Å². The molecule has 2 fully saturated rings. The summed E-state index contributed by atoms with van der Waals surface area (Å²) in [6.07, 6.45) is 3.69. The van der Waals surface area contributed by atoms with Crippen LogP contribution in [0.1, 0.15) is 25.7 Å². The minimum atomic E-state index is -0.772. The van der Waals surface area contributed by atoms with Gasteiger partial charge in [-0.25, -0.2) is 0 Å². The van der Waals surface area contributed by atoms with Crippen LogP contribution in [0.15, 0.2) is 0 Å². The first-order valence-electron chi connectivity index (χ1n) is 6.88. The smallest absolute Gasteiger partial charge is 0.237 e. The van der Waals surface area contributed by atoms with Crippen molar-refractivity contribution in [3.8, 4) is 0 Å². The van der Waals surface area contributed by atoms with Crippen LogP contribution in [-0.4, -0.2) is 61.0 Å². The van der Waals surface area contributed by atoms with Gasteiger partial charge in [-0.15, -0.1) is 0 Å². The molecule has 2 aliphatic rings. The second-order valence-corrected chi connectivity index (χ2v) is 6.27. The normalized spacial score (nSPS) is 37.6. The predicted molar refractivity (Wildman–Crippen MR) is 72.0 cm³/mol. The molecule has 5 nitrogen and oxygen atoms in total. The second-order valence-electron chi connectivity index (χ2n) is 6.27. The fourth-order valence-electron chi connectivity index (χ4n) is 3.38. The van der Waals surface area contributed by atoms with E-state index in [0.29, 0.717) is 12.5 Å². The summed E-state index contributed by atoms with van der Waals surface area (Å²) in [4.78, 5) is 16.1. The van der Waals surface area contributed by atoms with Crippen molar-refractivity contribution in [3.05, 3.63) is 0 Å². The maximum atomic E-state index is 11.4. The number of nitrogens with two attached hydrogens (primary N) is 2. The van der Waals surface area contributed by atoms with E-state index < -0.39 is 5.54 Å². The van der Waals surface area contributed by atoms with E-state index in [1.165, 1.54) is 19.5 Å². The molecule has 1 amide bonds. The van der Waals surface area contributed by atoms with Crippen molar-refractivity contribution in [2.45, 2.75) is 37.3 Å². The van der Waals surface area contributed by atoms with E-state index in [0.717, 1.165) is 25.3 Å². The lowest BCUT2D eigenvalue weighted by Crippen LogP contribution is -2.51. The SMILES string of the molecule is CN1CCC(CN(C)C2CCC(N)(C(N)=O)C2)C1.